The third-order valence-corrected chi connectivity index (χ3v) is 5.02. The van der Waals surface area contributed by atoms with Gasteiger partial charge < -0.3 is 14.9 Å². The highest BCUT2D eigenvalue weighted by Crippen LogP contribution is 2.47. The summed E-state index contributed by atoms with van der Waals surface area (Å²) in [5.41, 5.74) is 3.59. The van der Waals surface area contributed by atoms with E-state index in [1.165, 1.54) is 6.07 Å². The van der Waals surface area contributed by atoms with Gasteiger partial charge in [-0.3, -0.25) is 0 Å². The molecule has 0 saturated heterocycles. The molecule has 4 rings (SSSR count). The lowest BCUT2D eigenvalue weighted by atomic mass is 9.75. The molecule has 3 aromatic rings. The van der Waals surface area contributed by atoms with Crippen LogP contribution in [-0.2, 0) is 0 Å². The Morgan fingerprint density at radius 2 is 1.58 bits per heavy atom. The van der Waals surface area contributed by atoms with Crippen LogP contribution in [-0.4, -0.2) is 16.8 Å². The van der Waals surface area contributed by atoms with Gasteiger partial charge in [-0.1, -0.05) is 30.3 Å². The van der Waals surface area contributed by atoms with Gasteiger partial charge in [0.15, 0.2) is 0 Å². The molecule has 0 aliphatic carbocycles. The molecule has 132 valence electrons. The van der Waals surface area contributed by atoms with Crippen molar-refractivity contribution in [1.29, 1.82) is 0 Å². The fourth-order valence-corrected chi connectivity index (χ4v) is 3.68. The average Bonchev–Trinajstić information content (AvgIpc) is 2.64. The van der Waals surface area contributed by atoms with Crippen LogP contribution in [0, 0.1) is 12.7 Å². The fourth-order valence-electron chi connectivity index (χ4n) is 3.68. The standard InChI is InChI=1S/C22H19FO3/c1-13-10-15(4-9-20(13)23)22-18-8-7-17(25)11-21(18)26-12-19(22)14-2-5-16(24)6-3-14/h2-11,19,22,24-25H,12H2,1H3/t19-,22-/m1/s1. The van der Waals surface area contributed by atoms with E-state index < -0.39 is 0 Å². The predicted molar refractivity (Wildman–Crippen MR) is 97.4 cm³/mol. The molecule has 0 unspecified atom stereocenters. The van der Waals surface area contributed by atoms with Crippen LogP contribution in [0.5, 0.6) is 17.2 Å². The van der Waals surface area contributed by atoms with E-state index in [1.54, 1.807) is 31.2 Å². The van der Waals surface area contributed by atoms with E-state index in [0.29, 0.717) is 17.9 Å². The van der Waals surface area contributed by atoms with Gasteiger partial charge >= 0.3 is 0 Å². The van der Waals surface area contributed by atoms with Gasteiger partial charge in [-0.2, -0.15) is 0 Å². The van der Waals surface area contributed by atoms with Crippen LogP contribution in [0.15, 0.2) is 60.7 Å². The van der Waals surface area contributed by atoms with E-state index in [2.05, 4.69) is 0 Å². The molecule has 26 heavy (non-hydrogen) atoms. The maximum Gasteiger partial charge on any atom is 0.126 e. The predicted octanol–water partition coefficient (Wildman–Crippen LogP) is 4.85. The number of phenols is 2. The Labute approximate surface area is 151 Å². The number of aryl methyl sites for hydroxylation is 1. The molecule has 2 atom stereocenters. The summed E-state index contributed by atoms with van der Waals surface area (Å²) in [5.74, 6) is 0.756. The number of benzene rings is 3. The van der Waals surface area contributed by atoms with Crippen molar-refractivity contribution in [2.75, 3.05) is 6.61 Å². The summed E-state index contributed by atoms with van der Waals surface area (Å²) in [4.78, 5) is 0. The second-order valence-electron chi connectivity index (χ2n) is 6.72. The molecular weight excluding hydrogens is 331 g/mol. The number of phenolic OH excluding ortho intramolecular Hbond substituents is 2. The van der Waals surface area contributed by atoms with Crippen LogP contribution in [0.2, 0.25) is 0 Å². The van der Waals surface area contributed by atoms with Crippen molar-refractivity contribution in [3.05, 3.63) is 88.7 Å². The highest BCUT2D eigenvalue weighted by Gasteiger charge is 2.33. The Morgan fingerprint density at radius 1 is 0.885 bits per heavy atom. The van der Waals surface area contributed by atoms with E-state index >= 15 is 0 Å². The molecule has 0 aromatic heterocycles. The highest BCUT2D eigenvalue weighted by molar-refractivity contribution is 5.51. The molecule has 3 aromatic carbocycles. The van der Waals surface area contributed by atoms with Crippen LogP contribution < -0.4 is 4.74 Å². The monoisotopic (exact) mass is 350 g/mol. The molecule has 1 heterocycles. The number of ether oxygens (including phenoxy) is 1. The summed E-state index contributed by atoms with van der Waals surface area (Å²) in [5, 5.41) is 19.4. The number of rotatable bonds is 2. The van der Waals surface area contributed by atoms with Crippen molar-refractivity contribution in [1.82, 2.24) is 0 Å². The Bertz CT molecular complexity index is 950. The summed E-state index contributed by atoms with van der Waals surface area (Å²) in [6.07, 6.45) is 0. The lowest BCUT2D eigenvalue weighted by molar-refractivity contribution is 0.247. The van der Waals surface area contributed by atoms with Gasteiger partial charge in [0.25, 0.3) is 0 Å². The fraction of sp³-hybridized carbons (Fsp3) is 0.182. The Hall–Kier alpha value is -3.01. The smallest absolute Gasteiger partial charge is 0.126 e. The average molecular weight is 350 g/mol. The van der Waals surface area contributed by atoms with Gasteiger partial charge in [0.1, 0.15) is 23.1 Å². The minimum absolute atomic E-state index is 0.0116. The van der Waals surface area contributed by atoms with Crippen molar-refractivity contribution in [3.8, 4) is 17.2 Å². The topological polar surface area (TPSA) is 49.7 Å². The molecule has 0 radical (unpaired) electrons. The SMILES string of the molecule is Cc1cc([C@@H]2c3ccc(O)cc3OC[C@@H]2c2ccc(O)cc2)ccc1F. The molecule has 3 nitrogen and oxygen atoms in total. The first-order valence-electron chi connectivity index (χ1n) is 8.53. The van der Waals surface area contributed by atoms with E-state index in [9.17, 15) is 14.6 Å². The summed E-state index contributed by atoms with van der Waals surface area (Å²) in [6.45, 7) is 2.19. The van der Waals surface area contributed by atoms with Crippen molar-refractivity contribution < 1.29 is 19.3 Å². The number of hydrogen-bond donors (Lipinski definition) is 2. The minimum atomic E-state index is -0.229. The maximum absolute atomic E-state index is 13.8. The second kappa shape index (κ2) is 6.37. The lowest BCUT2D eigenvalue weighted by Crippen LogP contribution is -2.25. The van der Waals surface area contributed by atoms with E-state index in [0.717, 1.165) is 16.7 Å². The van der Waals surface area contributed by atoms with Gasteiger partial charge in [0, 0.05) is 23.5 Å². The number of halogens is 1. The first-order chi connectivity index (χ1) is 12.5. The van der Waals surface area contributed by atoms with E-state index in [1.807, 2.05) is 30.3 Å². The first-order valence-corrected chi connectivity index (χ1v) is 8.53. The molecule has 4 heteroatoms. The summed E-state index contributed by atoms with van der Waals surface area (Å²) >= 11 is 0. The molecular formula is C22H19FO3. The lowest BCUT2D eigenvalue weighted by Gasteiger charge is -2.34. The van der Waals surface area contributed by atoms with Crippen molar-refractivity contribution in [3.63, 3.8) is 0 Å². The molecule has 0 bridgehead atoms. The number of fused-ring (bicyclic) bond motifs is 1. The van der Waals surface area contributed by atoms with Gasteiger partial charge in [-0.15, -0.1) is 0 Å². The van der Waals surface area contributed by atoms with E-state index in [4.69, 9.17) is 4.74 Å². The zero-order chi connectivity index (χ0) is 18.3. The minimum Gasteiger partial charge on any atom is -0.508 e. The second-order valence-corrected chi connectivity index (χ2v) is 6.72. The normalized spacial score (nSPS) is 18.8. The van der Waals surface area contributed by atoms with Crippen LogP contribution in [0.3, 0.4) is 0 Å². The summed E-state index contributed by atoms with van der Waals surface area (Å²) in [6, 6.07) is 17.4. The largest absolute Gasteiger partial charge is 0.508 e. The zero-order valence-electron chi connectivity index (χ0n) is 14.3. The van der Waals surface area contributed by atoms with E-state index in [-0.39, 0.29) is 29.2 Å². The quantitative estimate of drug-likeness (QED) is 0.694. The van der Waals surface area contributed by atoms with Crippen molar-refractivity contribution in [2.24, 2.45) is 0 Å². The number of aromatic hydroxyl groups is 2. The van der Waals surface area contributed by atoms with Crippen molar-refractivity contribution in [2.45, 2.75) is 18.8 Å². The molecule has 0 saturated carbocycles. The molecule has 1 aliphatic heterocycles. The molecule has 0 spiro atoms. The van der Waals surface area contributed by atoms with Crippen molar-refractivity contribution >= 4 is 0 Å². The molecule has 2 N–H and O–H groups in total. The van der Waals surface area contributed by atoms with Gasteiger partial charge in [-0.25, -0.2) is 4.39 Å². The van der Waals surface area contributed by atoms with Gasteiger partial charge in [-0.05, 0) is 47.9 Å². The van der Waals surface area contributed by atoms with Gasteiger partial charge in [0.05, 0.1) is 6.61 Å². The maximum atomic E-state index is 13.8. The first kappa shape index (κ1) is 16.5. The van der Waals surface area contributed by atoms with Gasteiger partial charge in [0.2, 0.25) is 0 Å². The Morgan fingerprint density at radius 3 is 2.31 bits per heavy atom. The Balaban J connectivity index is 1.87. The zero-order valence-corrected chi connectivity index (χ0v) is 14.3. The molecule has 1 aliphatic rings. The highest BCUT2D eigenvalue weighted by atomic mass is 19.1. The number of hydrogen-bond acceptors (Lipinski definition) is 3. The summed E-state index contributed by atoms with van der Waals surface area (Å²) < 4.78 is 19.7. The van der Waals surface area contributed by atoms with Crippen LogP contribution in [0.1, 0.15) is 34.1 Å². The van der Waals surface area contributed by atoms with Crippen LogP contribution in [0.25, 0.3) is 0 Å². The molecule has 0 amide bonds. The van der Waals surface area contributed by atoms with Crippen LogP contribution >= 0.6 is 0 Å². The summed E-state index contributed by atoms with van der Waals surface area (Å²) in [7, 11) is 0. The third-order valence-electron chi connectivity index (χ3n) is 5.02. The third kappa shape index (κ3) is 2.88. The van der Waals surface area contributed by atoms with Crippen LogP contribution in [0.4, 0.5) is 4.39 Å². The molecule has 0 fully saturated rings. The Kier molecular flexibility index (Phi) is 4.03.